The minimum atomic E-state index is -0.227. The quantitative estimate of drug-likeness (QED) is 0.344. The molecule has 1 unspecified atom stereocenters. The third kappa shape index (κ3) is 6.71. The molecule has 154 valence electrons. The number of guanidine groups is 1. The molecule has 0 saturated carbocycles. The van der Waals surface area contributed by atoms with Crippen molar-refractivity contribution in [2.45, 2.75) is 19.5 Å². The molecule has 2 N–H and O–H groups in total. The Kier molecular flexibility index (Phi) is 9.65. The fourth-order valence-corrected chi connectivity index (χ4v) is 3.05. The second-order valence-electron chi connectivity index (χ2n) is 6.28. The van der Waals surface area contributed by atoms with Crippen LogP contribution in [-0.2, 0) is 11.3 Å². The van der Waals surface area contributed by atoms with E-state index in [1.165, 1.54) is 18.4 Å². The van der Waals surface area contributed by atoms with Crippen molar-refractivity contribution in [2.75, 3.05) is 39.4 Å². The molecule has 1 saturated heterocycles. The Labute approximate surface area is 181 Å². The largest absolute Gasteiger partial charge is 0.379 e. The summed E-state index contributed by atoms with van der Waals surface area (Å²) in [7, 11) is 0. The fourth-order valence-electron chi connectivity index (χ4n) is 3.05. The van der Waals surface area contributed by atoms with E-state index in [-0.39, 0.29) is 35.8 Å². The Morgan fingerprint density at radius 2 is 1.96 bits per heavy atom. The lowest BCUT2D eigenvalue weighted by Crippen LogP contribution is -2.46. The smallest absolute Gasteiger partial charge is 0.191 e. The molecule has 0 amide bonds. The molecule has 1 aliphatic rings. The van der Waals surface area contributed by atoms with Gasteiger partial charge in [-0.15, -0.1) is 24.0 Å². The molecular weight excluding hydrogens is 476 g/mol. The number of halogens is 2. The number of nitrogens with zero attached hydrogens (tertiary/aromatic N) is 3. The van der Waals surface area contributed by atoms with Crippen LogP contribution < -0.4 is 10.6 Å². The predicted octanol–water partition coefficient (Wildman–Crippen LogP) is 2.56. The summed E-state index contributed by atoms with van der Waals surface area (Å²) in [4.78, 5) is 6.90. The zero-order valence-electron chi connectivity index (χ0n) is 15.9. The Balaban J connectivity index is 0.00000280. The van der Waals surface area contributed by atoms with Gasteiger partial charge in [-0.25, -0.2) is 9.38 Å². The number of ether oxygens (including phenoxy) is 1. The number of rotatable bonds is 7. The van der Waals surface area contributed by atoms with Crippen LogP contribution in [0.15, 0.2) is 46.1 Å². The van der Waals surface area contributed by atoms with Crippen LogP contribution in [0.4, 0.5) is 4.39 Å². The van der Waals surface area contributed by atoms with Gasteiger partial charge in [-0.2, -0.15) is 0 Å². The highest BCUT2D eigenvalue weighted by atomic mass is 127. The van der Waals surface area contributed by atoms with Crippen molar-refractivity contribution >= 4 is 29.9 Å². The summed E-state index contributed by atoms with van der Waals surface area (Å²) in [6.07, 6.45) is 1.54. The Morgan fingerprint density at radius 1 is 1.21 bits per heavy atom. The lowest BCUT2D eigenvalue weighted by atomic mass is 10.0. The molecule has 7 nitrogen and oxygen atoms in total. The first-order valence-electron chi connectivity index (χ1n) is 9.25. The SMILES string of the molecule is CCNC(=NCc1ccon1)NCC(c1ccc(F)cc1)N1CCOCC1.I. The van der Waals surface area contributed by atoms with Gasteiger partial charge in [0, 0.05) is 32.2 Å². The van der Waals surface area contributed by atoms with Crippen molar-refractivity contribution in [1.82, 2.24) is 20.7 Å². The molecule has 0 spiro atoms. The molecule has 1 fully saturated rings. The maximum Gasteiger partial charge on any atom is 0.191 e. The molecule has 0 radical (unpaired) electrons. The second-order valence-corrected chi connectivity index (χ2v) is 6.28. The topological polar surface area (TPSA) is 74.9 Å². The number of benzene rings is 1. The van der Waals surface area contributed by atoms with Crippen LogP contribution in [0.1, 0.15) is 24.2 Å². The van der Waals surface area contributed by atoms with Crippen LogP contribution in [0.5, 0.6) is 0 Å². The van der Waals surface area contributed by atoms with Gasteiger partial charge in [0.25, 0.3) is 0 Å². The lowest BCUT2D eigenvalue weighted by molar-refractivity contribution is 0.0170. The highest BCUT2D eigenvalue weighted by Gasteiger charge is 2.23. The molecule has 3 rings (SSSR count). The first-order valence-corrected chi connectivity index (χ1v) is 9.25. The standard InChI is InChI=1S/C19H26FN5O2.HI/c1-2-21-19(22-13-17-7-10-27-24-17)23-14-18(25-8-11-26-12-9-25)15-3-5-16(20)6-4-15;/h3-7,10,18H,2,8-9,11-14H2,1H3,(H2,21,22,23);1H. The van der Waals surface area contributed by atoms with Gasteiger partial charge in [0.1, 0.15) is 17.8 Å². The van der Waals surface area contributed by atoms with Gasteiger partial charge >= 0.3 is 0 Å². The minimum Gasteiger partial charge on any atom is -0.379 e. The fraction of sp³-hybridized carbons (Fsp3) is 0.474. The van der Waals surface area contributed by atoms with Gasteiger partial charge in [0.15, 0.2) is 5.96 Å². The number of morpholine rings is 1. The highest BCUT2D eigenvalue weighted by Crippen LogP contribution is 2.21. The van der Waals surface area contributed by atoms with Crippen molar-refractivity contribution in [3.8, 4) is 0 Å². The third-order valence-electron chi connectivity index (χ3n) is 4.44. The first kappa shape index (κ1) is 22.6. The van der Waals surface area contributed by atoms with Gasteiger partial charge in [-0.1, -0.05) is 17.3 Å². The maximum absolute atomic E-state index is 13.3. The molecule has 2 aromatic rings. The maximum atomic E-state index is 13.3. The van der Waals surface area contributed by atoms with E-state index in [9.17, 15) is 4.39 Å². The lowest BCUT2D eigenvalue weighted by Gasteiger charge is -2.35. The Hall–Kier alpha value is -1.72. The van der Waals surface area contributed by atoms with Crippen LogP contribution in [0.25, 0.3) is 0 Å². The summed E-state index contributed by atoms with van der Waals surface area (Å²) in [6.45, 7) is 6.96. The summed E-state index contributed by atoms with van der Waals surface area (Å²) >= 11 is 0. The molecule has 28 heavy (non-hydrogen) atoms. The normalized spacial score (nSPS) is 16.3. The molecule has 1 aliphatic heterocycles. The van der Waals surface area contributed by atoms with Gasteiger partial charge in [-0.05, 0) is 24.6 Å². The number of aliphatic imine (C=N–C) groups is 1. The van der Waals surface area contributed by atoms with Crippen LogP contribution in [0.3, 0.4) is 0 Å². The van der Waals surface area contributed by atoms with E-state index in [0.717, 1.165) is 30.9 Å². The van der Waals surface area contributed by atoms with E-state index >= 15 is 0 Å². The van der Waals surface area contributed by atoms with E-state index < -0.39 is 0 Å². The number of hydrogen-bond acceptors (Lipinski definition) is 5. The summed E-state index contributed by atoms with van der Waals surface area (Å²) < 4.78 is 23.7. The molecule has 1 aromatic heterocycles. The van der Waals surface area contributed by atoms with E-state index in [4.69, 9.17) is 9.26 Å². The van der Waals surface area contributed by atoms with Crippen molar-refractivity contribution in [3.05, 3.63) is 53.7 Å². The minimum absolute atomic E-state index is 0. The average molecular weight is 503 g/mol. The summed E-state index contributed by atoms with van der Waals surface area (Å²) in [5.41, 5.74) is 1.84. The Bertz CT molecular complexity index is 706. The number of aromatic nitrogens is 1. The Morgan fingerprint density at radius 3 is 2.61 bits per heavy atom. The van der Waals surface area contributed by atoms with Crippen LogP contribution in [0, 0.1) is 5.82 Å². The van der Waals surface area contributed by atoms with E-state index in [2.05, 4.69) is 25.7 Å². The molecule has 0 aliphatic carbocycles. The van der Waals surface area contributed by atoms with E-state index in [1.54, 1.807) is 6.07 Å². The van der Waals surface area contributed by atoms with Crippen LogP contribution in [-0.4, -0.2) is 55.4 Å². The summed E-state index contributed by atoms with van der Waals surface area (Å²) in [5, 5.41) is 10.5. The van der Waals surface area contributed by atoms with Crippen LogP contribution >= 0.6 is 24.0 Å². The molecular formula is C19H27FIN5O2. The van der Waals surface area contributed by atoms with Crippen LogP contribution in [0.2, 0.25) is 0 Å². The average Bonchev–Trinajstić information content (AvgIpc) is 3.22. The highest BCUT2D eigenvalue weighted by molar-refractivity contribution is 14.0. The summed E-state index contributed by atoms with van der Waals surface area (Å²) in [6, 6.07) is 8.60. The van der Waals surface area contributed by atoms with E-state index in [0.29, 0.717) is 32.3 Å². The van der Waals surface area contributed by atoms with Crippen molar-refractivity contribution < 1.29 is 13.7 Å². The zero-order valence-corrected chi connectivity index (χ0v) is 18.3. The molecule has 1 aromatic carbocycles. The zero-order chi connectivity index (χ0) is 18.9. The monoisotopic (exact) mass is 503 g/mol. The van der Waals surface area contributed by atoms with Gasteiger partial charge < -0.3 is 19.9 Å². The molecule has 2 heterocycles. The molecule has 9 heteroatoms. The second kappa shape index (κ2) is 12.0. The number of hydrogen-bond donors (Lipinski definition) is 2. The van der Waals surface area contributed by atoms with Crippen molar-refractivity contribution in [2.24, 2.45) is 4.99 Å². The van der Waals surface area contributed by atoms with Gasteiger partial charge in [0.2, 0.25) is 0 Å². The molecule has 1 atom stereocenters. The van der Waals surface area contributed by atoms with Crippen molar-refractivity contribution in [1.29, 1.82) is 0 Å². The third-order valence-corrected chi connectivity index (χ3v) is 4.44. The van der Waals surface area contributed by atoms with Gasteiger partial charge in [-0.3, -0.25) is 4.90 Å². The first-order chi connectivity index (χ1) is 13.3. The van der Waals surface area contributed by atoms with E-state index in [1.807, 2.05) is 19.1 Å². The molecule has 0 bridgehead atoms. The van der Waals surface area contributed by atoms with Crippen molar-refractivity contribution in [3.63, 3.8) is 0 Å². The number of nitrogens with one attached hydrogen (secondary N) is 2. The summed E-state index contributed by atoms with van der Waals surface area (Å²) in [5.74, 6) is 0.482. The predicted molar refractivity (Wildman–Crippen MR) is 116 cm³/mol. The van der Waals surface area contributed by atoms with Gasteiger partial charge in [0.05, 0.1) is 25.8 Å².